The van der Waals surface area contributed by atoms with Crippen LogP contribution in [0.3, 0.4) is 0 Å². The van der Waals surface area contributed by atoms with Gasteiger partial charge >= 0.3 is 0 Å². The monoisotopic (exact) mass is 245 g/mol. The van der Waals surface area contributed by atoms with Gasteiger partial charge in [-0.15, -0.1) is 0 Å². The highest BCUT2D eigenvalue weighted by Crippen LogP contribution is 2.29. The number of aromatic hydroxyl groups is 1. The number of rotatable bonds is 2. The molecule has 0 spiro atoms. The Morgan fingerprint density at radius 3 is 2.54 bits per heavy atom. The minimum Gasteiger partial charge on any atom is -0.507 e. The van der Waals surface area contributed by atoms with E-state index >= 15 is 0 Å². The van der Waals surface area contributed by atoms with E-state index in [-0.39, 0.29) is 15.7 Å². The molecule has 0 aliphatic carbocycles. The van der Waals surface area contributed by atoms with Gasteiger partial charge < -0.3 is 5.11 Å². The zero-order valence-electron chi connectivity index (χ0n) is 6.23. The van der Waals surface area contributed by atoms with Crippen molar-refractivity contribution in [1.82, 2.24) is 0 Å². The number of carbonyl (C=O) groups is 1. The number of non-ortho nitro benzene ring substituents is 1. The lowest BCUT2D eigenvalue weighted by Crippen LogP contribution is -1.91. The van der Waals surface area contributed by atoms with E-state index in [4.69, 9.17) is 5.11 Å². The summed E-state index contributed by atoms with van der Waals surface area (Å²) in [5, 5.41) is 19.4. The number of hydrogen-bond acceptors (Lipinski definition) is 4. The van der Waals surface area contributed by atoms with Gasteiger partial charge in [-0.1, -0.05) is 0 Å². The summed E-state index contributed by atoms with van der Waals surface area (Å²) < 4.78 is 0.203. The molecule has 0 saturated carbocycles. The maximum Gasteiger partial charge on any atom is 0.274 e. The predicted molar refractivity (Wildman–Crippen MR) is 47.8 cm³/mol. The van der Waals surface area contributed by atoms with Crippen molar-refractivity contribution in [3.63, 3.8) is 0 Å². The molecule has 0 bridgehead atoms. The molecule has 1 aromatic carbocycles. The van der Waals surface area contributed by atoms with Crippen LogP contribution in [0.15, 0.2) is 16.6 Å². The Morgan fingerprint density at radius 2 is 2.15 bits per heavy atom. The first kappa shape index (κ1) is 9.66. The van der Waals surface area contributed by atoms with Crippen molar-refractivity contribution in [2.24, 2.45) is 0 Å². The Morgan fingerprint density at radius 1 is 1.54 bits per heavy atom. The molecule has 68 valence electrons. The molecule has 0 aliphatic heterocycles. The van der Waals surface area contributed by atoms with E-state index < -0.39 is 10.7 Å². The molecule has 1 rings (SSSR count). The van der Waals surface area contributed by atoms with Crippen molar-refractivity contribution >= 4 is 27.9 Å². The van der Waals surface area contributed by atoms with Gasteiger partial charge in [0.1, 0.15) is 5.75 Å². The lowest BCUT2D eigenvalue weighted by Gasteiger charge is -1.99. The van der Waals surface area contributed by atoms with Crippen molar-refractivity contribution < 1.29 is 14.8 Å². The molecule has 0 amide bonds. The molecule has 0 heterocycles. The predicted octanol–water partition coefficient (Wildman–Crippen LogP) is 1.88. The highest BCUT2D eigenvalue weighted by atomic mass is 79.9. The fourth-order valence-corrected chi connectivity index (χ4v) is 1.34. The third kappa shape index (κ3) is 1.83. The Bertz CT molecular complexity index is 354. The largest absolute Gasteiger partial charge is 0.507 e. The van der Waals surface area contributed by atoms with Crippen LogP contribution >= 0.6 is 15.9 Å². The van der Waals surface area contributed by atoms with E-state index in [0.29, 0.717) is 6.29 Å². The van der Waals surface area contributed by atoms with Gasteiger partial charge in [-0.2, -0.15) is 0 Å². The SMILES string of the molecule is O=Cc1c(O)cc([N+](=O)[O-])cc1Br. The smallest absolute Gasteiger partial charge is 0.274 e. The summed E-state index contributed by atoms with van der Waals surface area (Å²) in [4.78, 5) is 20.0. The van der Waals surface area contributed by atoms with Crippen molar-refractivity contribution in [2.75, 3.05) is 0 Å². The fourth-order valence-electron chi connectivity index (χ4n) is 0.812. The quantitative estimate of drug-likeness (QED) is 0.490. The molecule has 0 radical (unpaired) electrons. The summed E-state index contributed by atoms with van der Waals surface area (Å²) in [5.41, 5.74) is -0.263. The van der Waals surface area contributed by atoms with E-state index in [1.807, 2.05) is 0 Å². The van der Waals surface area contributed by atoms with Crippen LogP contribution in [0.4, 0.5) is 5.69 Å². The first-order valence-corrected chi connectivity index (χ1v) is 3.97. The highest BCUT2D eigenvalue weighted by molar-refractivity contribution is 9.10. The summed E-state index contributed by atoms with van der Waals surface area (Å²) in [5.74, 6) is -0.406. The highest BCUT2D eigenvalue weighted by Gasteiger charge is 2.13. The molecule has 0 unspecified atom stereocenters. The molecule has 6 heteroatoms. The van der Waals surface area contributed by atoms with E-state index in [1.54, 1.807) is 0 Å². The number of phenolic OH excluding ortho intramolecular Hbond substituents is 1. The van der Waals surface area contributed by atoms with Crippen LogP contribution < -0.4 is 0 Å². The van der Waals surface area contributed by atoms with E-state index in [9.17, 15) is 14.9 Å². The van der Waals surface area contributed by atoms with Crippen LogP contribution in [-0.4, -0.2) is 16.3 Å². The van der Waals surface area contributed by atoms with Gasteiger partial charge in [-0.05, 0) is 15.9 Å². The number of benzene rings is 1. The molecule has 0 saturated heterocycles. The summed E-state index contributed by atoms with van der Waals surface area (Å²) in [6.45, 7) is 0. The van der Waals surface area contributed by atoms with Gasteiger partial charge in [-0.3, -0.25) is 14.9 Å². The van der Waals surface area contributed by atoms with Crippen molar-refractivity contribution in [1.29, 1.82) is 0 Å². The Balaban J connectivity index is 3.36. The Kier molecular flexibility index (Phi) is 2.62. The van der Waals surface area contributed by atoms with E-state index in [0.717, 1.165) is 12.1 Å². The Hall–Kier alpha value is -1.43. The zero-order valence-corrected chi connectivity index (χ0v) is 7.82. The second kappa shape index (κ2) is 3.53. The lowest BCUT2D eigenvalue weighted by atomic mass is 10.2. The normalized spacial score (nSPS) is 9.62. The van der Waals surface area contributed by atoms with Crippen LogP contribution in [0.1, 0.15) is 10.4 Å². The van der Waals surface area contributed by atoms with E-state index in [1.165, 1.54) is 0 Å². The number of phenols is 1. The number of carbonyl (C=O) groups excluding carboxylic acids is 1. The average molecular weight is 246 g/mol. The van der Waals surface area contributed by atoms with Crippen molar-refractivity contribution in [3.8, 4) is 5.75 Å². The third-order valence-corrected chi connectivity index (χ3v) is 2.08. The van der Waals surface area contributed by atoms with Gasteiger partial charge in [-0.25, -0.2) is 0 Å². The van der Waals surface area contributed by atoms with Crippen molar-refractivity contribution in [3.05, 3.63) is 32.3 Å². The fraction of sp³-hybridized carbons (Fsp3) is 0. The third-order valence-electron chi connectivity index (χ3n) is 1.42. The van der Waals surface area contributed by atoms with Crippen molar-refractivity contribution in [2.45, 2.75) is 0 Å². The first-order chi connectivity index (χ1) is 6.06. The molecule has 0 aromatic heterocycles. The minimum atomic E-state index is -0.654. The van der Waals surface area contributed by atoms with Crippen LogP contribution in [0.2, 0.25) is 0 Å². The summed E-state index contributed by atoms with van der Waals surface area (Å²) >= 11 is 2.93. The molecule has 5 nitrogen and oxygen atoms in total. The molecule has 0 atom stereocenters. The number of nitro benzene ring substituents is 1. The lowest BCUT2D eigenvalue weighted by molar-refractivity contribution is -0.385. The van der Waals surface area contributed by atoms with Gasteiger partial charge in [0.2, 0.25) is 0 Å². The summed E-state index contributed by atoms with van der Waals surface area (Å²) in [6, 6.07) is 2.08. The first-order valence-electron chi connectivity index (χ1n) is 3.18. The summed E-state index contributed by atoms with van der Waals surface area (Å²) in [7, 11) is 0. The molecule has 13 heavy (non-hydrogen) atoms. The number of hydrogen-bond donors (Lipinski definition) is 1. The van der Waals surface area contributed by atoms with Gasteiger partial charge in [0, 0.05) is 10.5 Å². The minimum absolute atomic E-state index is 0.00519. The number of nitro groups is 1. The zero-order chi connectivity index (χ0) is 10.0. The van der Waals surface area contributed by atoms with E-state index in [2.05, 4.69) is 15.9 Å². The molecular weight excluding hydrogens is 242 g/mol. The molecular formula is C7H4BrNO4. The second-order valence-electron chi connectivity index (χ2n) is 2.24. The van der Waals surface area contributed by atoms with Gasteiger partial charge in [0.05, 0.1) is 16.6 Å². The van der Waals surface area contributed by atoms with Crippen LogP contribution in [0, 0.1) is 10.1 Å². The second-order valence-corrected chi connectivity index (χ2v) is 3.09. The van der Waals surface area contributed by atoms with Crippen LogP contribution in [0.5, 0.6) is 5.75 Å². The molecule has 1 N–H and O–H groups in total. The average Bonchev–Trinajstić information content (AvgIpc) is 2.03. The number of nitrogens with zero attached hydrogens (tertiary/aromatic N) is 1. The molecule has 0 fully saturated rings. The molecule has 1 aromatic rings. The van der Waals surface area contributed by atoms with Gasteiger partial charge in [0.15, 0.2) is 6.29 Å². The number of aldehydes is 1. The summed E-state index contributed by atoms with van der Waals surface area (Å²) in [6.07, 6.45) is 0.420. The maximum atomic E-state index is 10.4. The topological polar surface area (TPSA) is 80.4 Å². The Labute approximate surface area is 81.3 Å². The standard InChI is InChI=1S/C7H4BrNO4/c8-6-1-4(9(12)13)2-7(11)5(6)3-10/h1-3,11H. The molecule has 0 aliphatic rings. The van der Waals surface area contributed by atoms with Crippen LogP contribution in [0.25, 0.3) is 0 Å². The maximum absolute atomic E-state index is 10.4. The number of halogens is 1. The van der Waals surface area contributed by atoms with Crippen LogP contribution in [-0.2, 0) is 0 Å². The van der Waals surface area contributed by atoms with Gasteiger partial charge in [0.25, 0.3) is 5.69 Å².